The molecule has 2 N–H and O–H groups in total. The largest absolute Gasteiger partial charge is 0.326 e. The number of nitrogens with zero attached hydrogens (tertiary/aromatic N) is 1. The third-order valence-corrected chi connectivity index (χ3v) is 6.98. The summed E-state index contributed by atoms with van der Waals surface area (Å²) in [5.74, 6) is -1.47. The number of halogens is 3. The maximum absolute atomic E-state index is 14.1. The lowest BCUT2D eigenvalue weighted by atomic mass is 9.91. The molecular weight excluding hydrogens is 382 g/mol. The van der Waals surface area contributed by atoms with Gasteiger partial charge in [0.1, 0.15) is 11.6 Å². The average Bonchev–Trinajstić information content (AvgIpc) is 2.63. The van der Waals surface area contributed by atoms with Crippen LogP contribution in [0.2, 0.25) is 5.02 Å². The molecule has 1 saturated heterocycles. The fourth-order valence-electron chi connectivity index (χ4n) is 3.36. The minimum absolute atomic E-state index is 0.00989. The molecule has 0 unspecified atom stereocenters. The highest BCUT2D eigenvalue weighted by atomic mass is 35.5. The molecular formula is C18H19ClF2N2O2S. The molecule has 0 bridgehead atoms. The third kappa shape index (κ3) is 3.62. The molecule has 4 nitrogen and oxygen atoms in total. The van der Waals surface area contributed by atoms with E-state index in [4.69, 9.17) is 17.3 Å². The van der Waals surface area contributed by atoms with E-state index in [9.17, 15) is 17.2 Å². The van der Waals surface area contributed by atoms with Crippen LogP contribution in [0.1, 0.15) is 29.9 Å². The molecule has 1 fully saturated rings. The fraction of sp³-hybridized carbons (Fsp3) is 0.333. The molecule has 2 aromatic carbocycles. The van der Waals surface area contributed by atoms with Gasteiger partial charge < -0.3 is 5.73 Å². The second-order valence-electron chi connectivity index (χ2n) is 6.29. The van der Waals surface area contributed by atoms with Crippen LogP contribution in [-0.4, -0.2) is 25.8 Å². The molecule has 2 aromatic rings. The van der Waals surface area contributed by atoms with Gasteiger partial charge in [0.2, 0.25) is 10.0 Å². The van der Waals surface area contributed by atoms with Crippen molar-refractivity contribution in [3.05, 3.63) is 64.2 Å². The molecule has 1 atom stereocenters. The highest BCUT2D eigenvalue weighted by molar-refractivity contribution is 7.89. The Labute approximate surface area is 156 Å². The first kappa shape index (κ1) is 19.2. The zero-order valence-corrected chi connectivity index (χ0v) is 15.5. The van der Waals surface area contributed by atoms with E-state index in [1.165, 1.54) is 10.4 Å². The Bertz CT molecular complexity index is 921. The number of piperidine rings is 1. The molecule has 0 saturated carbocycles. The Balaban J connectivity index is 1.94. The smallest absolute Gasteiger partial charge is 0.243 e. The summed E-state index contributed by atoms with van der Waals surface area (Å²) >= 11 is 6.08. The summed E-state index contributed by atoms with van der Waals surface area (Å²) in [6.45, 7) is 0.384. The van der Waals surface area contributed by atoms with E-state index in [1.54, 1.807) is 12.1 Å². The van der Waals surface area contributed by atoms with E-state index in [0.29, 0.717) is 30.0 Å². The van der Waals surface area contributed by atoms with Crippen LogP contribution in [-0.2, 0) is 16.6 Å². The Morgan fingerprint density at radius 2 is 2.00 bits per heavy atom. The van der Waals surface area contributed by atoms with Gasteiger partial charge in [-0.25, -0.2) is 17.2 Å². The zero-order valence-electron chi connectivity index (χ0n) is 14.0. The highest BCUT2D eigenvalue weighted by Gasteiger charge is 2.33. The minimum atomic E-state index is -3.84. The van der Waals surface area contributed by atoms with Gasteiger partial charge in [0, 0.05) is 36.1 Å². The van der Waals surface area contributed by atoms with E-state index in [-0.39, 0.29) is 23.5 Å². The Kier molecular flexibility index (Phi) is 5.62. The molecule has 0 aliphatic carbocycles. The van der Waals surface area contributed by atoms with Gasteiger partial charge >= 0.3 is 0 Å². The van der Waals surface area contributed by atoms with Crippen LogP contribution in [0.5, 0.6) is 0 Å². The predicted octanol–water partition coefficient (Wildman–Crippen LogP) is 3.65. The molecule has 8 heteroatoms. The van der Waals surface area contributed by atoms with Gasteiger partial charge in [-0.05, 0) is 48.7 Å². The predicted molar refractivity (Wildman–Crippen MR) is 96.4 cm³/mol. The van der Waals surface area contributed by atoms with Crippen molar-refractivity contribution in [3.63, 3.8) is 0 Å². The third-order valence-electron chi connectivity index (χ3n) is 4.68. The molecule has 26 heavy (non-hydrogen) atoms. The lowest BCUT2D eigenvalue weighted by Crippen LogP contribution is -2.39. The number of hydrogen-bond acceptors (Lipinski definition) is 3. The molecule has 3 rings (SSSR count). The minimum Gasteiger partial charge on any atom is -0.326 e. The second-order valence-corrected chi connectivity index (χ2v) is 8.60. The van der Waals surface area contributed by atoms with Gasteiger partial charge in [-0.15, -0.1) is 0 Å². The van der Waals surface area contributed by atoms with Crippen LogP contribution in [0.25, 0.3) is 0 Å². The van der Waals surface area contributed by atoms with Crippen molar-refractivity contribution in [1.82, 2.24) is 4.31 Å². The first-order chi connectivity index (χ1) is 12.3. The second kappa shape index (κ2) is 7.60. The van der Waals surface area contributed by atoms with Crippen molar-refractivity contribution in [2.75, 3.05) is 13.1 Å². The van der Waals surface area contributed by atoms with Crippen molar-refractivity contribution in [2.45, 2.75) is 30.2 Å². The Morgan fingerprint density at radius 3 is 2.73 bits per heavy atom. The summed E-state index contributed by atoms with van der Waals surface area (Å²) in [6, 6.07) is 7.87. The first-order valence-electron chi connectivity index (χ1n) is 8.27. The number of hydrogen-bond donors (Lipinski definition) is 1. The first-order valence-corrected chi connectivity index (χ1v) is 10.1. The summed E-state index contributed by atoms with van der Waals surface area (Å²) in [5.41, 5.74) is 6.23. The van der Waals surface area contributed by atoms with Crippen LogP contribution >= 0.6 is 11.6 Å². The van der Waals surface area contributed by atoms with Crippen LogP contribution in [0.15, 0.2) is 41.3 Å². The molecule has 1 aliphatic rings. The van der Waals surface area contributed by atoms with Gasteiger partial charge in [0.15, 0.2) is 0 Å². The molecule has 0 radical (unpaired) electrons. The molecule has 0 spiro atoms. The molecule has 1 heterocycles. The lowest BCUT2D eigenvalue weighted by molar-refractivity contribution is 0.310. The fourth-order valence-corrected chi connectivity index (χ4v) is 5.45. The van der Waals surface area contributed by atoms with Gasteiger partial charge in [-0.3, -0.25) is 0 Å². The normalized spacial score (nSPS) is 18.8. The lowest BCUT2D eigenvalue weighted by Gasteiger charge is -2.32. The topological polar surface area (TPSA) is 63.4 Å². The van der Waals surface area contributed by atoms with Crippen molar-refractivity contribution >= 4 is 21.6 Å². The van der Waals surface area contributed by atoms with Crippen molar-refractivity contribution in [1.29, 1.82) is 0 Å². The van der Waals surface area contributed by atoms with Gasteiger partial charge in [-0.2, -0.15) is 4.31 Å². The summed E-state index contributed by atoms with van der Waals surface area (Å²) < 4.78 is 55.1. The van der Waals surface area contributed by atoms with Crippen LogP contribution in [0.4, 0.5) is 8.78 Å². The zero-order chi connectivity index (χ0) is 18.9. The van der Waals surface area contributed by atoms with E-state index < -0.39 is 27.6 Å². The number of benzene rings is 2. The van der Waals surface area contributed by atoms with Gasteiger partial charge in [0.05, 0.1) is 4.90 Å². The number of rotatable bonds is 4. The maximum atomic E-state index is 14.1. The SMILES string of the molecule is NCc1c(Cl)cccc1S(=O)(=O)N1CCC[C@@H](c2cc(F)ccc2F)C1. The van der Waals surface area contributed by atoms with Crippen LogP contribution < -0.4 is 5.73 Å². The van der Waals surface area contributed by atoms with E-state index in [1.807, 2.05) is 0 Å². The van der Waals surface area contributed by atoms with E-state index in [2.05, 4.69) is 0 Å². The molecule has 1 aliphatic heterocycles. The van der Waals surface area contributed by atoms with Crippen molar-refractivity contribution < 1.29 is 17.2 Å². The van der Waals surface area contributed by atoms with Crippen LogP contribution in [0, 0.1) is 11.6 Å². The van der Waals surface area contributed by atoms with Gasteiger partial charge in [0.25, 0.3) is 0 Å². The van der Waals surface area contributed by atoms with Gasteiger partial charge in [-0.1, -0.05) is 17.7 Å². The Hall–Kier alpha value is -1.54. The quantitative estimate of drug-likeness (QED) is 0.852. The highest BCUT2D eigenvalue weighted by Crippen LogP contribution is 2.33. The summed E-state index contributed by atoms with van der Waals surface area (Å²) in [4.78, 5) is 0.0628. The number of nitrogens with two attached hydrogens (primary N) is 1. The van der Waals surface area contributed by atoms with Crippen molar-refractivity contribution in [3.8, 4) is 0 Å². The summed E-state index contributed by atoms with van der Waals surface area (Å²) in [5, 5.41) is 0.290. The standard InChI is InChI=1S/C18H19ClF2N2O2S/c19-16-4-1-5-18(15(16)10-22)26(24,25)23-8-2-3-12(11-23)14-9-13(20)6-7-17(14)21/h1,4-7,9,12H,2-3,8,10-11,22H2/t12-/m1/s1. The number of sulfonamides is 1. The molecule has 140 valence electrons. The summed E-state index contributed by atoms with van der Waals surface area (Å²) in [7, 11) is -3.84. The maximum Gasteiger partial charge on any atom is 0.243 e. The van der Waals surface area contributed by atoms with E-state index >= 15 is 0 Å². The monoisotopic (exact) mass is 400 g/mol. The average molecular weight is 401 g/mol. The Morgan fingerprint density at radius 1 is 1.23 bits per heavy atom. The van der Waals surface area contributed by atoms with Crippen molar-refractivity contribution in [2.24, 2.45) is 5.73 Å². The molecule has 0 aromatic heterocycles. The molecule has 0 amide bonds. The summed E-state index contributed by atoms with van der Waals surface area (Å²) in [6.07, 6.45) is 1.14. The van der Waals surface area contributed by atoms with E-state index in [0.717, 1.165) is 18.2 Å². The van der Waals surface area contributed by atoms with Crippen LogP contribution in [0.3, 0.4) is 0 Å².